The molecule has 0 radical (unpaired) electrons. The highest BCUT2D eigenvalue weighted by atomic mass is 32.1. The number of urea groups is 1. The van der Waals surface area contributed by atoms with E-state index in [2.05, 4.69) is 5.32 Å². The highest BCUT2D eigenvalue weighted by Gasteiger charge is 2.33. The van der Waals surface area contributed by atoms with Crippen LogP contribution in [0.5, 0.6) is 5.75 Å². The first-order valence-electron chi connectivity index (χ1n) is 11.0. The number of hydrogen-bond acceptors (Lipinski definition) is 4. The number of para-hydroxylation sites is 1. The summed E-state index contributed by atoms with van der Waals surface area (Å²) in [5.41, 5.74) is 1.04. The molecule has 1 N–H and O–H groups in total. The summed E-state index contributed by atoms with van der Waals surface area (Å²) in [5, 5.41) is 4.89. The van der Waals surface area contributed by atoms with E-state index in [4.69, 9.17) is 4.74 Å². The number of nitrogens with zero attached hydrogens (tertiary/aromatic N) is 2. The normalized spacial score (nSPS) is 15.6. The van der Waals surface area contributed by atoms with Gasteiger partial charge in [-0.05, 0) is 55.3 Å². The van der Waals surface area contributed by atoms with Crippen molar-refractivity contribution >= 4 is 23.3 Å². The van der Waals surface area contributed by atoms with Crippen LogP contribution < -0.4 is 10.1 Å². The molecule has 174 valence electrons. The van der Waals surface area contributed by atoms with Crippen LogP contribution in [0.4, 0.5) is 9.18 Å². The van der Waals surface area contributed by atoms with Gasteiger partial charge >= 0.3 is 6.03 Å². The minimum atomic E-state index is -0.430. The van der Waals surface area contributed by atoms with Gasteiger partial charge in [0.2, 0.25) is 5.91 Å². The van der Waals surface area contributed by atoms with Gasteiger partial charge in [-0.3, -0.25) is 4.79 Å². The van der Waals surface area contributed by atoms with Crippen LogP contribution in [0, 0.1) is 11.7 Å². The molecule has 2 aromatic rings. The summed E-state index contributed by atoms with van der Waals surface area (Å²) in [5.74, 6) is -0.172. The molecule has 1 aliphatic rings. The fourth-order valence-electron chi connectivity index (χ4n) is 3.86. The maximum atomic E-state index is 14.1. The first-order valence-corrected chi connectivity index (χ1v) is 11.9. The Kier molecular flexibility index (Phi) is 8.12. The Morgan fingerprint density at radius 2 is 2.00 bits per heavy atom. The monoisotopic (exact) mass is 461 g/mol. The smallest absolute Gasteiger partial charge is 0.318 e. The molecule has 8 heteroatoms. The average molecular weight is 462 g/mol. The highest BCUT2D eigenvalue weighted by molar-refractivity contribution is 7.10. The third-order valence-electron chi connectivity index (χ3n) is 5.26. The fourth-order valence-corrected chi connectivity index (χ4v) is 4.79. The number of nitrogens with one attached hydrogen (secondary N) is 1. The number of thiophene rings is 1. The number of halogens is 1. The molecule has 2 heterocycles. The number of benzene rings is 1. The summed E-state index contributed by atoms with van der Waals surface area (Å²) in [6.07, 6.45) is 0.761. The number of ether oxygens (including phenoxy) is 1. The Balaban J connectivity index is 1.77. The zero-order chi connectivity index (χ0) is 23.3. The molecular formula is C24H32FN3O3S. The van der Waals surface area contributed by atoms with Crippen molar-refractivity contribution in [3.8, 4) is 5.75 Å². The quantitative estimate of drug-likeness (QED) is 0.631. The van der Waals surface area contributed by atoms with Crippen LogP contribution in [-0.4, -0.2) is 54.0 Å². The van der Waals surface area contributed by atoms with Crippen molar-refractivity contribution < 1.29 is 18.7 Å². The lowest BCUT2D eigenvalue weighted by atomic mass is 10.0. The van der Waals surface area contributed by atoms with E-state index in [0.29, 0.717) is 13.1 Å². The van der Waals surface area contributed by atoms with Crippen molar-refractivity contribution in [2.45, 2.75) is 46.2 Å². The number of rotatable bonds is 8. The number of fused-ring (bicyclic) bond motifs is 1. The molecule has 0 spiro atoms. The van der Waals surface area contributed by atoms with Crippen molar-refractivity contribution in [3.63, 3.8) is 0 Å². The predicted molar refractivity (Wildman–Crippen MR) is 124 cm³/mol. The molecule has 0 unspecified atom stereocenters. The van der Waals surface area contributed by atoms with Crippen molar-refractivity contribution in [2.75, 3.05) is 26.2 Å². The van der Waals surface area contributed by atoms with E-state index in [1.807, 2.05) is 39.1 Å². The second kappa shape index (κ2) is 10.8. The van der Waals surface area contributed by atoms with E-state index in [1.165, 1.54) is 10.9 Å². The molecule has 1 aromatic heterocycles. The Hall–Kier alpha value is -2.61. The minimum absolute atomic E-state index is 0.00754. The second-order valence-corrected chi connectivity index (χ2v) is 9.77. The van der Waals surface area contributed by atoms with Crippen LogP contribution in [0.2, 0.25) is 0 Å². The highest BCUT2D eigenvalue weighted by Crippen LogP contribution is 2.34. The molecule has 0 bridgehead atoms. The first kappa shape index (κ1) is 24.0. The Morgan fingerprint density at radius 3 is 2.69 bits per heavy atom. The van der Waals surface area contributed by atoms with Crippen LogP contribution in [-0.2, 0) is 11.2 Å². The molecule has 3 amide bonds. The largest absolute Gasteiger partial charge is 0.488 e. The summed E-state index contributed by atoms with van der Waals surface area (Å²) in [6.45, 7) is 8.99. The van der Waals surface area contributed by atoms with E-state index >= 15 is 0 Å². The summed E-state index contributed by atoms with van der Waals surface area (Å²) in [4.78, 5) is 30.6. The van der Waals surface area contributed by atoms with Gasteiger partial charge in [0, 0.05) is 24.0 Å². The number of amides is 3. The van der Waals surface area contributed by atoms with Gasteiger partial charge in [-0.25, -0.2) is 9.18 Å². The lowest BCUT2D eigenvalue weighted by Crippen LogP contribution is -2.51. The summed E-state index contributed by atoms with van der Waals surface area (Å²) >= 11 is 1.66. The predicted octanol–water partition coefficient (Wildman–Crippen LogP) is 4.47. The molecule has 0 fully saturated rings. The van der Waals surface area contributed by atoms with Gasteiger partial charge < -0.3 is 19.9 Å². The third kappa shape index (κ3) is 6.00. The molecule has 1 atom stereocenters. The van der Waals surface area contributed by atoms with E-state index in [1.54, 1.807) is 39.3 Å². The number of hydrogen-bond donors (Lipinski definition) is 1. The summed E-state index contributed by atoms with van der Waals surface area (Å²) in [6, 6.07) is 7.69. The maximum Gasteiger partial charge on any atom is 0.318 e. The standard InChI is InChI=1S/C24H32FN3O3S/c1-16(2)13-27(24(30)26-17(3)4)14-23(29)28-11-9-22-18(10-12-32-22)20(28)15-31-21-8-6-5-7-19(21)25/h5-8,10,12,16-17,20H,9,11,13-15H2,1-4H3,(H,26,30)/t20-/m1/s1. The van der Waals surface area contributed by atoms with Gasteiger partial charge in [0.25, 0.3) is 0 Å². The van der Waals surface area contributed by atoms with Crippen LogP contribution in [0.3, 0.4) is 0 Å². The van der Waals surface area contributed by atoms with Crippen molar-refractivity contribution in [1.29, 1.82) is 0 Å². The van der Waals surface area contributed by atoms with Crippen molar-refractivity contribution in [2.24, 2.45) is 5.92 Å². The lowest BCUT2D eigenvalue weighted by molar-refractivity contribution is -0.135. The molecule has 1 aromatic carbocycles. The molecule has 1 aliphatic heterocycles. The lowest BCUT2D eigenvalue weighted by Gasteiger charge is -2.37. The minimum Gasteiger partial charge on any atom is -0.488 e. The fraction of sp³-hybridized carbons (Fsp3) is 0.500. The van der Waals surface area contributed by atoms with E-state index < -0.39 is 5.82 Å². The zero-order valence-corrected chi connectivity index (χ0v) is 20.0. The van der Waals surface area contributed by atoms with E-state index in [0.717, 1.165) is 12.0 Å². The number of carbonyl (C=O) groups excluding carboxylic acids is 2. The SMILES string of the molecule is CC(C)CN(CC(=O)N1CCc2sccc2[C@H]1COc1ccccc1F)C(=O)NC(C)C. The van der Waals surface area contributed by atoms with Crippen molar-refractivity contribution in [3.05, 3.63) is 52.0 Å². The molecule has 0 saturated heterocycles. The molecule has 0 saturated carbocycles. The van der Waals surface area contributed by atoms with Gasteiger partial charge in [-0.2, -0.15) is 0 Å². The molecule has 32 heavy (non-hydrogen) atoms. The summed E-state index contributed by atoms with van der Waals surface area (Å²) in [7, 11) is 0. The zero-order valence-electron chi connectivity index (χ0n) is 19.1. The third-order valence-corrected chi connectivity index (χ3v) is 6.26. The van der Waals surface area contributed by atoms with Gasteiger partial charge in [0.15, 0.2) is 11.6 Å². The van der Waals surface area contributed by atoms with Crippen molar-refractivity contribution in [1.82, 2.24) is 15.1 Å². The van der Waals surface area contributed by atoms with Gasteiger partial charge in [0.05, 0.1) is 6.04 Å². The van der Waals surface area contributed by atoms with Gasteiger partial charge in [-0.1, -0.05) is 26.0 Å². The molecule has 3 rings (SSSR count). The van der Waals surface area contributed by atoms with Crippen LogP contribution in [0.1, 0.15) is 44.2 Å². The van der Waals surface area contributed by atoms with Gasteiger partial charge in [-0.15, -0.1) is 11.3 Å². The Morgan fingerprint density at radius 1 is 1.25 bits per heavy atom. The van der Waals surface area contributed by atoms with Crippen LogP contribution in [0.15, 0.2) is 35.7 Å². The maximum absolute atomic E-state index is 14.1. The van der Waals surface area contributed by atoms with Crippen LogP contribution >= 0.6 is 11.3 Å². The second-order valence-electron chi connectivity index (χ2n) is 8.77. The first-order chi connectivity index (χ1) is 15.3. The number of carbonyl (C=O) groups is 2. The van der Waals surface area contributed by atoms with Gasteiger partial charge in [0.1, 0.15) is 13.2 Å². The molecule has 6 nitrogen and oxygen atoms in total. The van der Waals surface area contributed by atoms with E-state index in [-0.39, 0.29) is 48.8 Å². The Labute approximate surface area is 193 Å². The Bertz CT molecular complexity index is 931. The van der Waals surface area contributed by atoms with E-state index in [9.17, 15) is 14.0 Å². The molecule has 0 aliphatic carbocycles. The van der Waals surface area contributed by atoms with Crippen LogP contribution in [0.25, 0.3) is 0 Å². The topological polar surface area (TPSA) is 61.9 Å². The average Bonchev–Trinajstić information content (AvgIpc) is 3.20. The molecular weight excluding hydrogens is 429 g/mol. The summed E-state index contributed by atoms with van der Waals surface area (Å²) < 4.78 is 19.9.